The van der Waals surface area contributed by atoms with Gasteiger partial charge in [-0.05, 0) is 47.6 Å². The number of piperidine rings is 2. The average molecular weight is 549 g/mol. The van der Waals surface area contributed by atoms with Gasteiger partial charge in [0.05, 0.1) is 6.61 Å². The SMILES string of the molecule is COC/C=C/c1cccc([C@@](OC)(C(=O)N2CCC3(CC2)CC(=O)NC[C@H]3c2ccc(F)cc2)C(F)(F)F)c1. The third kappa shape index (κ3) is 5.58. The summed E-state index contributed by atoms with van der Waals surface area (Å²) in [6.45, 7) is 0.674. The number of methoxy groups -OCH3 is 2. The van der Waals surface area contributed by atoms with E-state index in [1.165, 1.54) is 42.3 Å². The summed E-state index contributed by atoms with van der Waals surface area (Å²) in [6.07, 6.45) is -0.934. The lowest BCUT2D eigenvalue weighted by Crippen LogP contribution is -2.60. The van der Waals surface area contributed by atoms with Crippen LogP contribution in [0.15, 0.2) is 54.6 Å². The second-order valence-electron chi connectivity index (χ2n) is 10.1. The fourth-order valence-electron chi connectivity index (χ4n) is 5.88. The van der Waals surface area contributed by atoms with E-state index >= 15 is 0 Å². The van der Waals surface area contributed by atoms with E-state index in [1.54, 1.807) is 30.4 Å². The van der Waals surface area contributed by atoms with Crippen molar-refractivity contribution in [1.82, 2.24) is 10.2 Å². The van der Waals surface area contributed by atoms with Gasteiger partial charge in [0.2, 0.25) is 5.91 Å². The molecular weight excluding hydrogens is 516 g/mol. The highest BCUT2D eigenvalue weighted by molar-refractivity contribution is 5.88. The summed E-state index contributed by atoms with van der Waals surface area (Å²) in [7, 11) is 2.39. The van der Waals surface area contributed by atoms with Crippen LogP contribution in [0.3, 0.4) is 0 Å². The van der Waals surface area contributed by atoms with Crippen molar-refractivity contribution >= 4 is 17.9 Å². The molecular formula is C29H32F4N2O4. The number of carbonyl (C=O) groups excluding carboxylic acids is 2. The first-order chi connectivity index (χ1) is 18.6. The third-order valence-corrected chi connectivity index (χ3v) is 7.95. The van der Waals surface area contributed by atoms with Crippen LogP contribution in [0, 0.1) is 11.2 Å². The standard InChI is InChI=1S/C29H32F4N2O4/c1-38-16-4-6-20-5-3-7-22(17-20)28(39-2,29(31,32)33)26(37)35-14-12-27(13-15-35)18-25(36)34-19-24(27)21-8-10-23(30)11-9-21/h3-11,17,24H,12-16,18-19H2,1-2H3,(H,34,36)/b6-4+/t24-,28+/m0/s1. The normalized spacial score (nSPS) is 21.1. The molecule has 4 rings (SSSR count). The Morgan fingerprint density at radius 3 is 2.44 bits per heavy atom. The molecule has 2 fully saturated rings. The summed E-state index contributed by atoms with van der Waals surface area (Å²) >= 11 is 0. The van der Waals surface area contributed by atoms with E-state index in [2.05, 4.69) is 5.32 Å². The highest BCUT2D eigenvalue weighted by atomic mass is 19.4. The molecule has 2 aliphatic rings. The monoisotopic (exact) mass is 548 g/mol. The molecule has 2 aromatic rings. The number of benzene rings is 2. The summed E-state index contributed by atoms with van der Waals surface area (Å²) in [5.41, 5.74) is -2.75. The van der Waals surface area contributed by atoms with E-state index in [1.807, 2.05) is 0 Å². The summed E-state index contributed by atoms with van der Waals surface area (Å²) < 4.78 is 67.8. The van der Waals surface area contributed by atoms with Crippen LogP contribution in [0.5, 0.6) is 0 Å². The summed E-state index contributed by atoms with van der Waals surface area (Å²) in [4.78, 5) is 27.3. The van der Waals surface area contributed by atoms with Gasteiger partial charge in [-0.15, -0.1) is 0 Å². The lowest BCUT2D eigenvalue weighted by Gasteiger charge is -2.50. The Labute approximate surface area is 225 Å². The predicted octanol–water partition coefficient (Wildman–Crippen LogP) is 4.80. The molecule has 0 bridgehead atoms. The molecule has 2 aliphatic heterocycles. The van der Waals surface area contributed by atoms with Crippen LogP contribution in [-0.2, 0) is 24.7 Å². The van der Waals surface area contributed by atoms with E-state index in [9.17, 15) is 27.2 Å². The summed E-state index contributed by atoms with van der Waals surface area (Å²) in [5, 5.41) is 2.85. The first-order valence-electron chi connectivity index (χ1n) is 12.8. The zero-order valence-corrected chi connectivity index (χ0v) is 21.9. The van der Waals surface area contributed by atoms with Crippen LogP contribution in [-0.4, -0.2) is 63.4 Å². The van der Waals surface area contributed by atoms with Crippen LogP contribution in [0.25, 0.3) is 6.08 Å². The molecule has 1 spiro atoms. The second-order valence-corrected chi connectivity index (χ2v) is 10.1. The van der Waals surface area contributed by atoms with Crippen LogP contribution in [0.2, 0.25) is 0 Å². The van der Waals surface area contributed by atoms with E-state index in [0.717, 1.165) is 12.7 Å². The number of ether oxygens (including phenoxy) is 2. The molecule has 2 heterocycles. The van der Waals surface area contributed by atoms with Gasteiger partial charge in [0.1, 0.15) is 5.82 Å². The van der Waals surface area contributed by atoms with Gasteiger partial charge < -0.3 is 19.7 Å². The van der Waals surface area contributed by atoms with Crippen molar-refractivity contribution in [2.75, 3.05) is 40.5 Å². The molecule has 2 amide bonds. The molecule has 0 aliphatic carbocycles. The highest BCUT2D eigenvalue weighted by Crippen LogP contribution is 2.50. The Balaban J connectivity index is 1.62. The number of alkyl halides is 3. The van der Waals surface area contributed by atoms with Crippen molar-refractivity contribution in [3.05, 3.63) is 77.1 Å². The predicted molar refractivity (Wildman–Crippen MR) is 137 cm³/mol. The van der Waals surface area contributed by atoms with Crippen molar-refractivity contribution in [1.29, 1.82) is 0 Å². The molecule has 0 radical (unpaired) electrons. The van der Waals surface area contributed by atoms with Crippen LogP contribution in [0.4, 0.5) is 17.6 Å². The van der Waals surface area contributed by atoms with Crippen molar-refractivity contribution in [3.8, 4) is 0 Å². The Morgan fingerprint density at radius 1 is 1.13 bits per heavy atom. The van der Waals surface area contributed by atoms with Crippen molar-refractivity contribution in [3.63, 3.8) is 0 Å². The molecule has 10 heteroatoms. The van der Waals surface area contributed by atoms with Crippen LogP contribution >= 0.6 is 0 Å². The highest BCUT2D eigenvalue weighted by Gasteiger charge is 2.64. The first-order valence-corrected chi connectivity index (χ1v) is 12.8. The van der Waals surface area contributed by atoms with E-state index in [4.69, 9.17) is 9.47 Å². The van der Waals surface area contributed by atoms with Crippen LogP contribution < -0.4 is 5.32 Å². The van der Waals surface area contributed by atoms with Gasteiger partial charge >= 0.3 is 6.18 Å². The molecule has 2 saturated heterocycles. The van der Waals surface area contributed by atoms with Crippen LogP contribution in [0.1, 0.15) is 41.9 Å². The number of amides is 2. The first kappa shape index (κ1) is 28.8. The van der Waals surface area contributed by atoms with Crippen molar-refractivity contribution in [2.24, 2.45) is 5.41 Å². The average Bonchev–Trinajstić information content (AvgIpc) is 2.90. The number of carbonyl (C=O) groups is 2. The van der Waals surface area contributed by atoms with Gasteiger partial charge in [-0.1, -0.05) is 42.5 Å². The van der Waals surface area contributed by atoms with E-state index in [0.29, 0.717) is 24.9 Å². The summed E-state index contributed by atoms with van der Waals surface area (Å²) in [5.74, 6) is -1.87. The van der Waals surface area contributed by atoms with Gasteiger partial charge in [-0.3, -0.25) is 9.59 Å². The molecule has 6 nitrogen and oxygen atoms in total. The van der Waals surface area contributed by atoms with E-state index in [-0.39, 0.29) is 49.3 Å². The summed E-state index contributed by atoms with van der Waals surface area (Å²) in [6, 6.07) is 11.7. The van der Waals surface area contributed by atoms with Gasteiger partial charge in [0.25, 0.3) is 11.5 Å². The minimum absolute atomic E-state index is 0.0262. The molecule has 1 N–H and O–H groups in total. The fourth-order valence-corrected chi connectivity index (χ4v) is 5.88. The minimum atomic E-state index is -5.04. The number of rotatable bonds is 7. The Kier molecular flexibility index (Phi) is 8.46. The lowest BCUT2D eigenvalue weighted by molar-refractivity contribution is -0.271. The second kappa shape index (κ2) is 11.5. The Bertz CT molecular complexity index is 1210. The largest absolute Gasteiger partial charge is 0.430 e. The minimum Gasteiger partial charge on any atom is -0.381 e. The number of nitrogens with zero attached hydrogens (tertiary/aromatic N) is 1. The maximum Gasteiger partial charge on any atom is 0.430 e. The number of hydrogen-bond acceptors (Lipinski definition) is 4. The quantitative estimate of drug-likeness (QED) is 0.505. The van der Waals surface area contributed by atoms with Gasteiger partial charge in [-0.2, -0.15) is 13.2 Å². The molecule has 39 heavy (non-hydrogen) atoms. The van der Waals surface area contributed by atoms with Crippen molar-refractivity contribution < 1.29 is 36.6 Å². The van der Waals surface area contributed by atoms with Crippen molar-refractivity contribution in [2.45, 2.75) is 37.0 Å². The topological polar surface area (TPSA) is 67.9 Å². The maximum absolute atomic E-state index is 14.7. The Hall–Kier alpha value is -3.24. The van der Waals surface area contributed by atoms with Gasteiger partial charge in [0.15, 0.2) is 0 Å². The maximum atomic E-state index is 14.7. The smallest absolute Gasteiger partial charge is 0.381 e. The number of halogens is 4. The lowest BCUT2D eigenvalue weighted by atomic mass is 9.62. The Morgan fingerprint density at radius 2 is 1.82 bits per heavy atom. The number of hydrogen-bond donors (Lipinski definition) is 1. The third-order valence-electron chi connectivity index (χ3n) is 7.95. The van der Waals surface area contributed by atoms with Gasteiger partial charge in [0, 0.05) is 51.8 Å². The molecule has 2 atom stereocenters. The van der Waals surface area contributed by atoms with E-state index < -0.39 is 23.1 Å². The fraction of sp³-hybridized carbons (Fsp3) is 0.448. The molecule has 0 saturated carbocycles. The van der Waals surface area contributed by atoms with Gasteiger partial charge in [-0.25, -0.2) is 4.39 Å². The molecule has 0 unspecified atom stereocenters. The number of nitrogens with one attached hydrogen (secondary N) is 1. The zero-order valence-electron chi connectivity index (χ0n) is 21.9. The molecule has 0 aromatic heterocycles. The zero-order chi connectivity index (χ0) is 28.3. The molecule has 210 valence electrons. The molecule has 2 aromatic carbocycles. The number of likely N-dealkylation sites (tertiary alicyclic amines) is 1.